The molecule has 2 aliphatic rings. The maximum Gasteiger partial charge on any atom is 0.137 e. The monoisotopic (exact) mass is 429 g/mol. The van der Waals surface area contributed by atoms with Gasteiger partial charge >= 0.3 is 0 Å². The minimum atomic E-state index is -1.16. The lowest BCUT2D eigenvalue weighted by atomic mass is 9.79. The Morgan fingerprint density at radius 1 is 0.812 bits per heavy atom. The second kappa shape index (κ2) is 9.35. The molecule has 3 aromatic carbocycles. The first-order valence-corrected chi connectivity index (χ1v) is 11.8. The molecular weight excluding hydrogens is 398 g/mol. The van der Waals surface area contributed by atoms with E-state index >= 15 is 0 Å². The van der Waals surface area contributed by atoms with E-state index in [0.717, 1.165) is 29.0 Å². The molecule has 0 radical (unpaired) electrons. The second-order valence-corrected chi connectivity index (χ2v) is 8.88. The van der Waals surface area contributed by atoms with Gasteiger partial charge in [-0.2, -0.15) is 0 Å². The Morgan fingerprint density at radius 2 is 1.53 bits per heavy atom. The van der Waals surface area contributed by atoms with Crippen LogP contribution in [0.1, 0.15) is 42.4 Å². The van der Waals surface area contributed by atoms with E-state index < -0.39 is 5.60 Å². The molecule has 0 saturated carbocycles. The highest BCUT2D eigenvalue weighted by molar-refractivity contribution is 5.58. The first-order chi connectivity index (χ1) is 15.7. The molecule has 5 rings (SSSR count). The first-order valence-electron chi connectivity index (χ1n) is 11.8. The van der Waals surface area contributed by atoms with Gasteiger partial charge in [0.05, 0.1) is 0 Å². The van der Waals surface area contributed by atoms with Crippen LogP contribution in [0, 0.1) is 0 Å². The zero-order valence-electron chi connectivity index (χ0n) is 18.5. The molecule has 2 heterocycles. The normalized spacial score (nSPS) is 20.5. The van der Waals surface area contributed by atoms with Crippen molar-refractivity contribution in [1.29, 1.82) is 0 Å². The molecule has 0 spiro atoms. The lowest BCUT2D eigenvalue weighted by Crippen LogP contribution is -2.33. The highest BCUT2D eigenvalue weighted by Gasteiger charge is 2.40. The largest absolute Gasteiger partial charge is 0.492 e. The summed E-state index contributed by atoms with van der Waals surface area (Å²) in [6.45, 7) is 3.93. The van der Waals surface area contributed by atoms with E-state index in [4.69, 9.17) is 9.47 Å². The van der Waals surface area contributed by atoms with Gasteiger partial charge in [0.1, 0.15) is 29.5 Å². The van der Waals surface area contributed by atoms with Gasteiger partial charge in [0.2, 0.25) is 0 Å². The molecule has 166 valence electrons. The highest BCUT2D eigenvalue weighted by Crippen LogP contribution is 2.49. The summed E-state index contributed by atoms with van der Waals surface area (Å²) in [6, 6.07) is 23.7. The number of hydrogen-bond acceptors (Lipinski definition) is 4. The fraction of sp³-hybridized carbons (Fsp3) is 0.357. The Balaban J connectivity index is 1.37. The van der Waals surface area contributed by atoms with Crippen molar-refractivity contribution in [1.82, 2.24) is 4.90 Å². The molecule has 4 nitrogen and oxygen atoms in total. The summed E-state index contributed by atoms with van der Waals surface area (Å²) in [4.78, 5) is 2.50. The van der Waals surface area contributed by atoms with Crippen LogP contribution < -0.4 is 9.47 Å². The standard InChI is InChI=1S/C28H31NO3/c30-28(21-22-10-4-3-5-11-22)24-12-6-7-13-26(24)32-27-20-23(14-15-25(27)28)31-19-18-29-16-8-1-2-9-17-29/h3-7,10-15,20,30H,1-2,8-9,16-19,21H2. The number of nitrogens with zero attached hydrogens (tertiary/aromatic N) is 1. The third kappa shape index (κ3) is 4.38. The SMILES string of the molecule is OC1(Cc2ccccc2)c2ccccc2Oc2cc(OCCN3CCCCCC3)ccc21. The number of benzene rings is 3. The minimum Gasteiger partial charge on any atom is -0.492 e. The van der Waals surface area contributed by atoms with Crippen LogP contribution >= 0.6 is 0 Å². The van der Waals surface area contributed by atoms with Gasteiger partial charge < -0.3 is 14.6 Å². The summed E-state index contributed by atoms with van der Waals surface area (Å²) in [5.41, 5.74) is 1.50. The molecule has 0 aliphatic carbocycles. The second-order valence-electron chi connectivity index (χ2n) is 8.88. The summed E-state index contributed by atoms with van der Waals surface area (Å²) >= 11 is 0. The van der Waals surface area contributed by atoms with Crippen LogP contribution in [0.25, 0.3) is 0 Å². The number of rotatable bonds is 6. The van der Waals surface area contributed by atoms with E-state index in [2.05, 4.69) is 17.0 Å². The smallest absolute Gasteiger partial charge is 0.137 e. The van der Waals surface area contributed by atoms with Crippen LogP contribution in [0.5, 0.6) is 17.2 Å². The molecule has 1 atom stereocenters. The maximum absolute atomic E-state index is 12.0. The Labute approximate surface area is 190 Å². The van der Waals surface area contributed by atoms with Crippen molar-refractivity contribution in [3.63, 3.8) is 0 Å². The molecule has 0 bridgehead atoms. The topological polar surface area (TPSA) is 41.9 Å². The Hall–Kier alpha value is -2.82. The van der Waals surface area contributed by atoms with Crippen molar-refractivity contribution >= 4 is 0 Å². The summed E-state index contributed by atoms with van der Waals surface area (Å²) in [6.07, 6.45) is 5.73. The van der Waals surface area contributed by atoms with Gasteiger partial charge in [-0.1, -0.05) is 61.4 Å². The predicted octanol–water partition coefficient (Wildman–Crippen LogP) is 5.53. The fourth-order valence-corrected chi connectivity index (χ4v) is 4.91. The van der Waals surface area contributed by atoms with E-state index in [9.17, 15) is 5.11 Å². The average Bonchev–Trinajstić information content (AvgIpc) is 3.09. The molecular formula is C28H31NO3. The van der Waals surface area contributed by atoms with E-state index in [0.29, 0.717) is 24.5 Å². The highest BCUT2D eigenvalue weighted by atomic mass is 16.5. The van der Waals surface area contributed by atoms with Gasteiger partial charge in [-0.05, 0) is 49.7 Å². The Morgan fingerprint density at radius 3 is 2.34 bits per heavy atom. The van der Waals surface area contributed by atoms with Crippen molar-refractivity contribution in [3.05, 3.63) is 89.5 Å². The molecule has 1 saturated heterocycles. The van der Waals surface area contributed by atoms with Crippen molar-refractivity contribution < 1.29 is 14.6 Å². The lowest BCUT2D eigenvalue weighted by Gasteiger charge is -2.36. The molecule has 3 aromatic rings. The van der Waals surface area contributed by atoms with E-state index in [1.807, 2.05) is 60.7 Å². The Kier molecular flexibility index (Phi) is 6.15. The van der Waals surface area contributed by atoms with E-state index in [1.165, 1.54) is 38.8 Å². The van der Waals surface area contributed by atoms with Crippen LogP contribution in [0.3, 0.4) is 0 Å². The van der Waals surface area contributed by atoms with Crippen molar-refractivity contribution in [3.8, 4) is 17.2 Å². The maximum atomic E-state index is 12.0. The Bertz CT molecular complexity index is 1040. The zero-order chi connectivity index (χ0) is 21.8. The fourth-order valence-electron chi connectivity index (χ4n) is 4.91. The van der Waals surface area contributed by atoms with E-state index in [1.54, 1.807) is 0 Å². The minimum absolute atomic E-state index is 0.483. The number of para-hydroxylation sites is 1. The van der Waals surface area contributed by atoms with Gasteiger partial charge in [0.15, 0.2) is 0 Å². The van der Waals surface area contributed by atoms with Crippen LogP contribution in [0.4, 0.5) is 0 Å². The molecule has 1 N–H and O–H groups in total. The molecule has 32 heavy (non-hydrogen) atoms. The molecule has 4 heteroatoms. The van der Waals surface area contributed by atoms with Crippen LogP contribution in [-0.2, 0) is 12.0 Å². The predicted molar refractivity (Wildman–Crippen MR) is 127 cm³/mol. The number of aliphatic hydroxyl groups is 1. The van der Waals surface area contributed by atoms with Gasteiger partial charge in [-0.15, -0.1) is 0 Å². The van der Waals surface area contributed by atoms with Crippen molar-refractivity contribution in [2.45, 2.75) is 37.7 Å². The molecule has 1 unspecified atom stereocenters. The van der Waals surface area contributed by atoms with Crippen LogP contribution in [0.2, 0.25) is 0 Å². The summed E-state index contributed by atoms with van der Waals surface area (Å²) in [5.74, 6) is 2.13. The van der Waals surface area contributed by atoms with Crippen molar-refractivity contribution in [2.75, 3.05) is 26.2 Å². The van der Waals surface area contributed by atoms with Crippen molar-refractivity contribution in [2.24, 2.45) is 0 Å². The van der Waals surface area contributed by atoms with Gasteiger partial charge in [-0.25, -0.2) is 0 Å². The molecule has 2 aliphatic heterocycles. The lowest BCUT2D eigenvalue weighted by molar-refractivity contribution is 0.0697. The number of fused-ring (bicyclic) bond motifs is 2. The zero-order valence-corrected chi connectivity index (χ0v) is 18.5. The first kappa shape index (κ1) is 21.0. The number of ether oxygens (including phenoxy) is 2. The molecule has 1 fully saturated rings. The molecule has 0 aromatic heterocycles. The van der Waals surface area contributed by atoms with E-state index in [-0.39, 0.29) is 0 Å². The van der Waals surface area contributed by atoms with Gasteiger partial charge in [-0.3, -0.25) is 4.90 Å². The van der Waals surface area contributed by atoms with Gasteiger partial charge in [0.25, 0.3) is 0 Å². The molecule has 0 amide bonds. The third-order valence-corrected chi connectivity index (χ3v) is 6.63. The number of hydrogen-bond donors (Lipinski definition) is 1. The number of likely N-dealkylation sites (tertiary alicyclic amines) is 1. The average molecular weight is 430 g/mol. The van der Waals surface area contributed by atoms with Gasteiger partial charge in [0, 0.05) is 30.2 Å². The third-order valence-electron chi connectivity index (χ3n) is 6.63. The summed E-state index contributed by atoms with van der Waals surface area (Å²) in [5, 5.41) is 12.0. The summed E-state index contributed by atoms with van der Waals surface area (Å²) < 4.78 is 12.3. The quantitative estimate of drug-likeness (QED) is 0.560. The van der Waals surface area contributed by atoms with Crippen LogP contribution in [-0.4, -0.2) is 36.2 Å². The van der Waals surface area contributed by atoms with Crippen LogP contribution in [0.15, 0.2) is 72.8 Å². The summed E-state index contributed by atoms with van der Waals surface area (Å²) in [7, 11) is 0.